The highest BCUT2D eigenvalue weighted by Crippen LogP contribution is 2.33. The van der Waals surface area contributed by atoms with Crippen LogP contribution in [0.4, 0.5) is 19.0 Å². The molecule has 2 rings (SSSR count). The summed E-state index contributed by atoms with van der Waals surface area (Å²) < 4.78 is 37.5. The zero-order chi connectivity index (χ0) is 12.7. The van der Waals surface area contributed by atoms with Crippen LogP contribution in [-0.4, -0.2) is 23.6 Å². The molecule has 1 saturated heterocycles. The SMILES string of the molecule is CCC1(N)CN(c2cc(C(F)(F)F)ccn2)C1. The first-order valence-corrected chi connectivity index (χ1v) is 5.41. The van der Waals surface area contributed by atoms with Gasteiger partial charge in [-0.1, -0.05) is 6.92 Å². The Balaban J connectivity index is 2.14. The van der Waals surface area contributed by atoms with Gasteiger partial charge < -0.3 is 10.6 Å². The van der Waals surface area contributed by atoms with Crippen LogP contribution >= 0.6 is 0 Å². The number of anilines is 1. The van der Waals surface area contributed by atoms with Crippen molar-refractivity contribution >= 4 is 5.82 Å². The van der Waals surface area contributed by atoms with Crippen LogP contribution in [-0.2, 0) is 6.18 Å². The monoisotopic (exact) mass is 245 g/mol. The van der Waals surface area contributed by atoms with Gasteiger partial charge in [-0.2, -0.15) is 13.2 Å². The highest BCUT2D eigenvalue weighted by atomic mass is 19.4. The average Bonchev–Trinajstić information content (AvgIpc) is 2.24. The Morgan fingerprint density at radius 2 is 2.12 bits per heavy atom. The quantitative estimate of drug-likeness (QED) is 0.866. The Morgan fingerprint density at radius 1 is 1.47 bits per heavy atom. The summed E-state index contributed by atoms with van der Waals surface area (Å²) in [6.45, 7) is 3.08. The molecule has 0 aliphatic carbocycles. The number of nitrogens with zero attached hydrogens (tertiary/aromatic N) is 2. The van der Waals surface area contributed by atoms with Crippen molar-refractivity contribution in [2.24, 2.45) is 5.73 Å². The lowest BCUT2D eigenvalue weighted by molar-refractivity contribution is -0.137. The summed E-state index contributed by atoms with van der Waals surface area (Å²) in [4.78, 5) is 5.71. The molecule has 2 N–H and O–H groups in total. The predicted octanol–water partition coefficient (Wildman–Crippen LogP) is 2.03. The average molecular weight is 245 g/mol. The van der Waals surface area contributed by atoms with Crippen LogP contribution in [0.2, 0.25) is 0 Å². The Bertz CT molecular complexity index is 411. The largest absolute Gasteiger partial charge is 0.416 e. The molecule has 0 atom stereocenters. The summed E-state index contributed by atoms with van der Waals surface area (Å²) >= 11 is 0. The lowest BCUT2D eigenvalue weighted by Gasteiger charge is -2.48. The number of nitrogens with two attached hydrogens (primary N) is 1. The van der Waals surface area contributed by atoms with E-state index >= 15 is 0 Å². The Morgan fingerprint density at radius 3 is 2.65 bits per heavy atom. The van der Waals surface area contributed by atoms with Gasteiger partial charge >= 0.3 is 6.18 Å². The Hall–Kier alpha value is -1.30. The molecule has 1 aromatic rings. The third kappa shape index (κ3) is 2.36. The van der Waals surface area contributed by atoms with Crippen molar-refractivity contribution in [1.29, 1.82) is 0 Å². The van der Waals surface area contributed by atoms with Crippen LogP contribution < -0.4 is 10.6 Å². The molecule has 0 unspecified atom stereocenters. The van der Waals surface area contributed by atoms with Crippen molar-refractivity contribution < 1.29 is 13.2 Å². The van der Waals surface area contributed by atoms with Gasteiger partial charge in [0.05, 0.1) is 11.1 Å². The van der Waals surface area contributed by atoms with Crippen molar-refractivity contribution in [1.82, 2.24) is 4.98 Å². The molecule has 0 radical (unpaired) electrons. The van der Waals surface area contributed by atoms with Crippen LogP contribution in [0.1, 0.15) is 18.9 Å². The van der Waals surface area contributed by atoms with Gasteiger partial charge in [-0.15, -0.1) is 0 Å². The van der Waals surface area contributed by atoms with E-state index in [1.54, 1.807) is 4.90 Å². The zero-order valence-electron chi connectivity index (χ0n) is 9.46. The first kappa shape index (κ1) is 12.2. The van der Waals surface area contributed by atoms with Crippen molar-refractivity contribution in [3.05, 3.63) is 23.9 Å². The third-order valence-corrected chi connectivity index (χ3v) is 3.11. The summed E-state index contributed by atoms with van der Waals surface area (Å²) in [5.41, 5.74) is 5.01. The standard InChI is InChI=1S/C11H14F3N3/c1-2-10(15)6-17(7-10)9-5-8(3-4-16-9)11(12,13)14/h3-5H,2,6-7,15H2,1H3. The zero-order valence-corrected chi connectivity index (χ0v) is 9.46. The fourth-order valence-electron chi connectivity index (χ4n) is 1.87. The van der Waals surface area contributed by atoms with Crippen LogP contribution in [0.5, 0.6) is 0 Å². The minimum Gasteiger partial charge on any atom is -0.353 e. The highest BCUT2D eigenvalue weighted by Gasteiger charge is 2.39. The van der Waals surface area contributed by atoms with Gasteiger partial charge in [0.1, 0.15) is 5.82 Å². The maximum Gasteiger partial charge on any atom is 0.416 e. The van der Waals surface area contributed by atoms with Crippen LogP contribution in [0.3, 0.4) is 0 Å². The molecule has 1 aliphatic heterocycles. The third-order valence-electron chi connectivity index (χ3n) is 3.11. The van der Waals surface area contributed by atoms with Crippen molar-refractivity contribution in [2.45, 2.75) is 25.1 Å². The van der Waals surface area contributed by atoms with Crippen LogP contribution in [0, 0.1) is 0 Å². The molecule has 0 aromatic carbocycles. The first-order chi connectivity index (χ1) is 7.84. The second-order valence-electron chi connectivity index (χ2n) is 4.47. The summed E-state index contributed by atoms with van der Waals surface area (Å²) in [5.74, 6) is 0.342. The number of pyridine rings is 1. The maximum absolute atomic E-state index is 12.5. The fourth-order valence-corrected chi connectivity index (χ4v) is 1.87. The van der Waals surface area contributed by atoms with E-state index in [2.05, 4.69) is 4.98 Å². The Kier molecular flexibility index (Phi) is 2.77. The number of alkyl halides is 3. The molecule has 0 amide bonds. The van der Waals surface area contributed by atoms with E-state index in [0.29, 0.717) is 18.9 Å². The molecule has 94 valence electrons. The number of aromatic nitrogens is 1. The summed E-state index contributed by atoms with van der Waals surface area (Å²) in [5, 5.41) is 0. The summed E-state index contributed by atoms with van der Waals surface area (Å²) in [7, 11) is 0. The molecular formula is C11H14F3N3. The van der Waals surface area contributed by atoms with Gasteiger partial charge in [-0.05, 0) is 18.6 Å². The number of rotatable bonds is 2. The fraction of sp³-hybridized carbons (Fsp3) is 0.545. The van der Waals surface area contributed by atoms with Crippen LogP contribution in [0.15, 0.2) is 18.3 Å². The maximum atomic E-state index is 12.5. The summed E-state index contributed by atoms with van der Waals surface area (Å²) in [6.07, 6.45) is -2.34. The minimum absolute atomic E-state index is 0.282. The molecule has 0 spiro atoms. The van der Waals surface area contributed by atoms with Gasteiger partial charge in [-0.25, -0.2) is 4.98 Å². The molecule has 0 saturated carbocycles. The topological polar surface area (TPSA) is 42.1 Å². The lowest BCUT2D eigenvalue weighted by atomic mass is 9.88. The van der Waals surface area contributed by atoms with Crippen molar-refractivity contribution in [3.63, 3.8) is 0 Å². The van der Waals surface area contributed by atoms with E-state index in [-0.39, 0.29) is 5.54 Å². The van der Waals surface area contributed by atoms with E-state index in [1.165, 1.54) is 6.20 Å². The number of halogens is 3. The van der Waals surface area contributed by atoms with Gasteiger partial charge in [0, 0.05) is 19.3 Å². The van der Waals surface area contributed by atoms with E-state index < -0.39 is 11.7 Å². The molecule has 6 heteroatoms. The van der Waals surface area contributed by atoms with Crippen molar-refractivity contribution in [3.8, 4) is 0 Å². The summed E-state index contributed by atoms with van der Waals surface area (Å²) in [6, 6.07) is 2.04. The molecular weight excluding hydrogens is 231 g/mol. The van der Waals surface area contributed by atoms with E-state index in [0.717, 1.165) is 18.6 Å². The second-order valence-corrected chi connectivity index (χ2v) is 4.47. The lowest BCUT2D eigenvalue weighted by Crippen LogP contribution is -2.67. The molecule has 1 aromatic heterocycles. The van der Waals surface area contributed by atoms with E-state index in [1.807, 2.05) is 6.92 Å². The molecule has 1 aliphatic rings. The first-order valence-electron chi connectivity index (χ1n) is 5.41. The smallest absolute Gasteiger partial charge is 0.353 e. The Labute approximate surface area is 97.4 Å². The molecule has 3 nitrogen and oxygen atoms in total. The highest BCUT2D eigenvalue weighted by molar-refractivity contribution is 5.46. The van der Waals surface area contributed by atoms with Crippen LogP contribution in [0.25, 0.3) is 0 Å². The predicted molar refractivity (Wildman–Crippen MR) is 58.7 cm³/mol. The molecule has 1 fully saturated rings. The van der Waals surface area contributed by atoms with Gasteiger partial charge in [0.25, 0.3) is 0 Å². The van der Waals surface area contributed by atoms with Gasteiger partial charge in [0.15, 0.2) is 0 Å². The minimum atomic E-state index is -4.33. The van der Waals surface area contributed by atoms with Gasteiger partial charge in [-0.3, -0.25) is 0 Å². The second kappa shape index (κ2) is 3.87. The number of hydrogen-bond donors (Lipinski definition) is 1. The molecule has 0 bridgehead atoms. The normalized spacial score (nSPS) is 19.0. The number of hydrogen-bond acceptors (Lipinski definition) is 3. The molecule has 17 heavy (non-hydrogen) atoms. The van der Waals surface area contributed by atoms with E-state index in [9.17, 15) is 13.2 Å². The van der Waals surface area contributed by atoms with Crippen molar-refractivity contribution in [2.75, 3.05) is 18.0 Å². The molecule has 2 heterocycles. The van der Waals surface area contributed by atoms with E-state index in [4.69, 9.17) is 5.73 Å². The van der Waals surface area contributed by atoms with Gasteiger partial charge in [0.2, 0.25) is 0 Å².